The third kappa shape index (κ3) is 62.5. The molecule has 0 heterocycles. The molecule has 0 aromatic heterocycles. The van der Waals surface area contributed by atoms with Crippen molar-refractivity contribution in [1.29, 1.82) is 0 Å². The molecular weight excluding hydrogens is 949 g/mol. The molecule has 0 bridgehead atoms. The highest BCUT2D eigenvalue weighted by Crippen LogP contribution is 2.15. The number of rotatable bonds is 57. The molecule has 0 fully saturated rings. The first-order valence-electron chi connectivity index (χ1n) is 32.0. The van der Waals surface area contributed by atoms with Crippen LogP contribution in [0.3, 0.4) is 0 Å². The second-order valence-electron chi connectivity index (χ2n) is 20.9. The average Bonchev–Trinajstić information content (AvgIpc) is 3.43. The van der Waals surface area contributed by atoms with E-state index in [1.807, 2.05) is 0 Å². The van der Waals surface area contributed by atoms with Gasteiger partial charge in [-0.2, -0.15) is 0 Å². The van der Waals surface area contributed by atoms with Crippen molar-refractivity contribution in [2.45, 2.75) is 297 Å². The van der Waals surface area contributed by atoms with Crippen molar-refractivity contribution in [1.82, 2.24) is 0 Å². The zero-order chi connectivity index (χ0) is 55.7. The predicted molar refractivity (Wildman–Crippen MR) is 334 cm³/mol. The maximum Gasteiger partial charge on any atom is 0.306 e. The number of esters is 3. The van der Waals surface area contributed by atoms with Gasteiger partial charge in [-0.05, 0) is 128 Å². The molecule has 77 heavy (non-hydrogen) atoms. The normalized spacial score (nSPS) is 12.9. The zero-order valence-corrected chi connectivity index (χ0v) is 50.2. The van der Waals surface area contributed by atoms with Crippen molar-refractivity contribution in [2.24, 2.45) is 0 Å². The lowest BCUT2D eigenvalue weighted by Crippen LogP contribution is -2.30. The van der Waals surface area contributed by atoms with Crippen molar-refractivity contribution in [3.63, 3.8) is 0 Å². The summed E-state index contributed by atoms with van der Waals surface area (Å²) in [6.07, 6.45) is 89.2. The fourth-order valence-electron chi connectivity index (χ4n) is 8.69. The topological polar surface area (TPSA) is 78.9 Å². The van der Waals surface area contributed by atoms with Crippen LogP contribution in [0.1, 0.15) is 290 Å². The monoisotopic (exact) mass is 1070 g/mol. The van der Waals surface area contributed by atoms with Crippen LogP contribution >= 0.6 is 0 Å². The van der Waals surface area contributed by atoms with Crippen molar-refractivity contribution < 1.29 is 28.6 Å². The average molecular weight is 1070 g/mol. The number of hydrogen-bond donors (Lipinski definition) is 0. The molecule has 0 aliphatic rings. The van der Waals surface area contributed by atoms with Gasteiger partial charge in [-0.15, -0.1) is 0 Å². The lowest BCUT2D eigenvalue weighted by atomic mass is 10.0. The Morgan fingerprint density at radius 2 is 0.506 bits per heavy atom. The Kier molecular flexibility index (Phi) is 60.8. The van der Waals surface area contributed by atoms with Gasteiger partial charge >= 0.3 is 17.9 Å². The minimum Gasteiger partial charge on any atom is -0.462 e. The van der Waals surface area contributed by atoms with Gasteiger partial charge in [-0.1, -0.05) is 264 Å². The Balaban J connectivity index is 4.41. The van der Waals surface area contributed by atoms with Gasteiger partial charge in [0.1, 0.15) is 13.2 Å². The molecule has 6 heteroatoms. The van der Waals surface area contributed by atoms with E-state index in [9.17, 15) is 14.4 Å². The number of hydrogen-bond acceptors (Lipinski definition) is 6. The Morgan fingerprint density at radius 3 is 0.818 bits per heavy atom. The van der Waals surface area contributed by atoms with Crippen LogP contribution in [-0.4, -0.2) is 37.2 Å². The first-order valence-corrected chi connectivity index (χ1v) is 32.0. The molecule has 1 atom stereocenters. The SMILES string of the molecule is CC/C=C\C/C=C\C/C=C\C/C=C\C/C=C\C/C=C\CCCCCCC(=O)OCC(COC(=O)CCCCC/C=C\C/C=C\C/C=C\CC)OC(=O)CCCCCCCCCCCCC/C=C\CCCCCCCCCC. The molecular formula is C71H118O6. The lowest BCUT2D eigenvalue weighted by molar-refractivity contribution is -0.167. The quantitative estimate of drug-likeness (QED) is 0.0261. The van der Waals surface area contributed by atoms with Gasteiger partial charge < -0.3 is 14.2 Å². The van der Waals surface area contributed by atoms with Crippen LogP contribution in [-0.2, 0) is 28.6 Å². The summed E-state index contributed by atoms with van der Waals surface area (Å²) in [5.74, 6) is -0.952. The predicted octanol–water partition coefficient (Wildman–Crippen LogP) is 22.0. The number of allylic oxidation sites excluding steroid dienone is 20. The van der Waals surface area contributed by atoms with Gasteiger partial charge in [0.25, 0.3) is 0 Å². The molecule has 1 unspecified atom stereocenters. The van der Waals surface area contributed by atoms with E-state index in [1.165, 1.54) is 116 Å². The molecule has 0 spiro atoms. The summed E-state index contributed by atoms with van der Waals surface area (Å²) in [4.78, 5) is 38.3. The van der Waals surface area contributed by atoms with Crippen molar-refractivity contribution in [2.75, 3.05) is 13.2 Å². The van der Waals surface area contributed by atoms with E-state index in [0.29, 0.717) is 19.3 Å². The van der Waals surface area contributed by atoms with E-state index >= 15 is 0 Å². The first-order chi connectivity index (χ1) is 38.0. The fourth-order valence-corrected chi connectivity index (χ4v) is 8.69. The maximum absolute atomic E-state index is 12.9. The van der Waals surface area contributed by atoms with E-state index in [2.05, 4.69) is 142 Å². The summed E-state index contributed by atoms with van der Waals surface area (Å²) < 4.78 is 16.9. The number of ether oxygens (including phenoxy) is 3. The lowest BCUT2D eigenvalue weighted by Gasteiger charge is -2.18. The van der Waals surface area contributed by atoms with E-state index in [4.69, 9.17) is 14.2 Å². The largest absolute Gasteiger partial charge is 0.462 e. The maximum atomic E-state index is 12.9. The van der Waals surface area contributed by atoms with Crippen LogP contribution in [0.15, 0.2) is 122 Å². The van der Waals surface area contributed by atoms with Crippen LogP contribution < -0.4 is 0 Å². The third-order valence-electron chi connectivity index (χ3n) is 13.4. The molecule has 0 aliphatic carbocycles. The van der Waals surface area contributed by atoms with Crippen molar-refractivity contribution >= 4 is 17.9 Å². The molecule has 0 rings (SSSR count). The van der Waals surface area contributed by atoms with Crippen LogP contribution in [0.2, 0.25) is 0 Å². The summed E-state index contributed by atoms with van der Waals surface area (Å²) in [6.45, 7) is 6.38. The highest BCUT2D eigenvalue weighted by atomic mass is 16.6. The Morgan fingerprint density at radius 1 is 0.273 bits per heavy atom. The van der Waals surface area contributed by atoms with Gasteiger partial charge in [0, 0.05) is 19.3 Å². The number of carbonyl (C=O) groups excluding carboxylic acids is 3. The van der Waals surface area contributed by atoms with E-state index in [1.54, 1.807) is 0 Å². The number of unbranched alkanes of at least 4 members (excludes halogenated alkanes) is 26. The summed E-state index contributed by atoms with van der Waals surface area (Å²) in [6, 6.07) is 0. The molecule has 0 radical (unpaired) electrons. The summed E-state index contributed by atoms with van der Waals surface area (Å²) in [5, 5.41) is 0. The van der Waals surface area contributed by atoms with Gasteiger partial charge in [-0.25, -0.2) is 0 Å². The second kappa shape index (κ2) is 64.3. The minimum absolute atomic E-state index is 0.103. The molecule has 0 saturated carbocycles. The minimum atomic E-state index is -0.806. The molecule has 0 aliphatic heterocycles. The summed E-state index contributed by atoms with van der Waals surface area (Å²) in [7, 11) is 0. The van der Waals surface area contributed by atoms with Crippen LogP contribution in [0, 0.1) is 0 Å². The fraction of sp³-hybridized carbons (Fsp3) is 0.676. The Hall–Kier alpha value is -4.19. The highest BCUT2D eigenvalue weighted by molar-refractivity contribution is 5.71. The van der Waals surface area contributed by atoms with E-state index in [0.717, 1.165) is 135 Å². The van der Waals surface area contributed by atoms with Gasteiger partial charge in [-0.3, -0.25) is 14.4 Å². The third-order valence-corrected chi connectivity index (χ3v) is 13.4. The van der Waals surface area contributed by atoms with Gasteiger partial charge in [0.15, 0.2) is 6.10 Å². The van der Waals surface area contributed by atoms with Crippen LogP contribution in [0.4, 0.5) is 0 Å². The molecule has 0 amide bonds. The number of carbonyl (C=O) groups is 3. The standard InChI is InChI=1S/C71H118O6/c1-4-7-10-13-16-19-22-25-27-29-31-33-35-37-39-41-43-46-49-52-55-58-61-64-70(73)76-67-68(66-75-69(72)63-60-57-54-51-48-45-24-21-18-15-12-9-6-3)77-71(74)65-62-59-56-53-50-47-44-42-40-38-36-34-32-30-28-26-23-20-17-14-11-8-5-2/h7,9-10,12,16,18-19,21,25,27,30-33,37,39,43,45-46,48,68H,4-6,8,11,13-15,17,20,22-24,26,28-29,34-36,38,40-42,44,47,49-67H2,1-3H3/b10-7-,12-9-,19-16-,21-18-,27-25-,32-30-,33-31-,39-37-,46-43-,48-45-. The smallest absolute Gasteiger partial charge is 0.306 e. The first kappa shape index (κ1) is 72.8. The Labute approximate surface area is 475 Å². The van der Waals surface area contributed by atoms with Crippen LogP contribution in [0.25, 0.3) is 0 Å². The van der Waals surface area contributed by atoms with Crippen molar-refractivity contribution in [3.05, 3.63) is 122 Å². The second-order valence-corrected chi connectivity index (χ2v) is 20.9. The molecule has 438 valence electrons. The molecule has 0 aromatic rings. The van der Waals surface area contributed by atoms with E-state index < -0.39 is 6.10 Å². The molecule has 0 aromatic carbocycles. The summed E-state index contributed by atoms with van der Waals surface area (Å²) >= 11 is 0. The molecule has 0 saturated heterocycles. The molecule has 6 nitrogen and oxygen atoms in total. The summed E-state index contributed by atoms with van der Waals surface area (Å²) in [5.41, 5.74) is 0. The van der Waals surface area contributed by atoms with Crippen molar-refractivity contribution in [3.8, 4) is 0 Å². The molecule has 0 N–H and O–H groups in total. The van der Waals surface area contributed by atoms with Crippen LogP contribution in [0.5, 0.6) is 0 Å². The highest BCUT2D eigenvalue weighted by Gasteiger charge is 2.19. The van der Waals surface area contributed by atoms with Gasteiger partial charge in [0.2, 0.25) is 0 Å². The van der Waals surface area contributed by atoms with E-state index in [-0.39, 0.29) is 31.1 Å². The zero-order valence-electron chi connectivity index (χ0n) is 50.2. The van der Waals surface area contributed by atoms with Gasteiger partial charge in [0.05, 0.1) is 0 Å². The Bertz CT molecular complexity index is 1600.